The van der Waals surface area contributed by atoms with Crippen molar-refractivity contribution in [2.24, 2.45) is 44.3 Å². The molecular formula is C34H48N2O5. The number of hydrogen-bond donors (Lipinski definition) is 2. The summed E-state index contributed by atoms with van der Waals surface area (Å²) in [5, 5.41) is 25.9. The number of nitrogens with one attached hydrogen (secondary N) is 1. The van der Waals surface area contributed by atoms with Crippen LogP contribution >= 0.6 is 0 Å². The number of rotatable bonds is 4. The number of allylic oxidation sites excluding steroid dienone is 3. The summed E-state index contributed by atoms with van der Waals surface area (Å²) in [6.45, 7) is 15.3. The van der Waals surface area contributed by atoms with E-state index >= 15 is 0 Å². The number of carbonyl (C=O) groups excluding carboxylic acids is 3. The molecule has 7 heteroatoms. The highest BCUT2D eigenvalue weighted by Crippen LogP contribution is 2.75. The molecule has 5 aliphatic carbocycles. The van der Waals surface area contributed by atoms with E-state index < -0.39 is 32.7 Å². The molecule has 224 valence electrons. The lowest BCUT2D eigenvalue weighted by atomic mass is 9.33. The Labute approximate surface area is 245 Å². The Morgan fingerprint density at radius 3 is 2.34 bits per heavy atom. The van der Waals surface area contributed by atoms with Gasteiger partial charge in [-0.1, -0.05) is 54.5 Å². The summed E-state index contributed by atoms with van der Waals surface area (Å²) in [5.74, 6) is -0.882. The molecule has 0 heterocycles. The van der Waals surface area contributed by atoms with Gasteiger partial charge in [0.05, 0.1) is 12.2 Å². The second-order valence-electron chi connectivity index (χ2n) is 15.7. The molecule has 5 aliphatic rings. The first kappa shape index (κ1) is 30.2. The summed E-state index contributed by atoms with van der Waals surface area (Å²) < 4.78 is 5.12. The average molecular weight is 565 g/mol. The van der Waals surface area contributed by atoms with Gasteiger partial charge in [0.2, 0.25) is 5.91 Å². The third-order valence-electron chi connectivity index (χ3n) is 13.4. The lowest BCUT2D eigenvalue weighted by Gasteiger charge is -2.71. The first-order valence-corrected chi connectivity index (χ1v) is 15.4. The molecule has 0 aliphatic heterocycles. The van der Waals surface area contributed by atoms with Gasteiger partial charge in [-0.15, -0.1) is 0 Å². The summed E-state index contributed by atoms with van der Waals surface area (Å²) in [4.78, 5) is 41.2. The van der Waals surface area contributed by atoms with Gasteiger partial charge in [0.1, 0.15) is 11.7 Å². The minimum atomic E-state index is -1.63. The number of fused-ring (bicyclic) bond motifs is 7. The Bertz CT molecular complexity index is 1310. The van der Waals surface area contributed by atoms with Crippen molar-refractivity contribution in [3.63, 3.8) is 0 Å². The molecule has 0 aromatic carbocycles. The molecule has 0 bridgehead atoms. The van der Waals surface area contributed by atoms with Gasteiger partial charge in [-0.2, -0.15) is 5.26 Å². The topological polar surface area (TPSA) is 116 Å². The van der Waals surface area contributed by atoms with E-state index in [0.717, 1.165) is 31.3 Å². The Balaban J connectivity index is 1.63. The average Bonchev–Trinajstić information content (AvgIpc) is 2.91. The predicted molar refractivity (Wildman–Crippen MR) is 155 cm³/mol. The predicted octanol–water partition coefficient (Wildman–Crippen LogP) is 5.08. The van der Waals surface area contributed by atoms with Crippen molar-refractivity contribution < 1.29 is 24.2 Å². The standard InChI is InChI=1S/C34H48N2O5/c1-28(2)22-9-10-32(6)23(31(22,5)18-21(20-35)26(28)38)17-25(37)34(40)24-19-30(4,27(39)36-15-16-41-8)12-11-29(24,3)13-14-33(32,34)7/h17-18,22,24,40H,9-16,19H2,1-8H3,(H,36,39). The van der Waals surface area contributed by atoms with Crippen molar-refractivity contribution in [1.29, 1.82) is 5.26 Å². The first-order valence-electron chi connectivity index (χ1n) is 15.4. The quantitative estimate of drug-likeness (QED) is 0.460. The Hall–Kier alpha value is -2.30. The van der Waals surface area contributed by atoms with Gasteiger partial charge in [-0.05, 0) is 73.3 Å². The number of methoxy groups -OCH3 is 1. The van der Waals surface area contributed by atoms with Crippen LogP contribution in [0.1, 0.15) is 93.4 Å². The molecule has 7 nitrogen and oxygen atoms in total. The van der Waals surface area contributed by atoms with Crippen LogP contribution in [0.25, 0.3) is 0 Å². The summed E-state index contributed by atoms with van der Waals surface area (Å²) in [5.41, 5.74) is -4.15. The van der Waals surface area contributed by atoms with Gasteiger partial charge in [-0.3, -0.25) is 14.4 Å². The van der Waals surface area contributed by atoms with Gasteiger partial charge >= 0.3 is 0 Å². The molecule has 0 aromatic rings. The lowest BCUT2D eigenvalue weighted by Crippen LogP contribution is -2.74. The lowest BCUT2D eigenvalue weighted by molar-refractivity contribution is -0.242. The Morgan fingerprint density at radius 2 is 1.71 bits per heavy atom. The van der Waals surface area contributed by atoms with E-state index in [4.69, 9.17) is 4.74 Å². The molecule has 3 saturated carbocycles. The molecule has 41 heavy (non-hydrogen) atoms. The van der Waals surface area contributed by atoms with Crippen LogP contribution in [-0.4, -0.2) is 48.4 Å². The SMILES string of the molecule is COCCNC(=O)C1(C)CCC2(C)CCC3(C)C4(C)CCC5C(C)(C)C(=O)C(C#N)=CC5(C)C4=CC(=O)C3(O)C2C1. The Kier molecular flexibility index (Phi) is 6.70. The minimum absolute atomic E-state index is 0.0468. The van der Waals surface area contributed by atoms with Crippen molar-refractivity contribution in [1.82, 2.24) is 5.32 Å². The van der Waals surface area contributed by atoms with Crippen LogP contribution in [0.5, 0.6) is 0 Å². The van der Waals surface area contributed by atoms with Gasteiger partial charge in [0, 0.05) is 41.2 Å². The van der Waals surface area contributed by atoms with Crippen molar-refractivity contribution in [3.8, 4) is 6.07 Å². The smallest absolute Gasteiger partial charge is 0.226 e. The number of ketones is 2. The number of nitriles is 1. The number of nitrogens with zero attached hydrogens (tertiary/aromatic N) is 1. The maximum atomic E-state index is 14.5. The zero-order chi connectivity index (χ0) is 30.4. The number of carbonyl (C=O) groups is 3. The molecule has 0 spiro atoms. The molecule has 2 N–H and O–H groups in total. The third kappa shape index (κ3) is 3.65. The van der Waals surface area contributed by atoms with E-state index in [-0.39, 0.29) is 40.3 Å². The van der Waals surface area contributed by atoms with E-state index in [2.05, 4.69) is 39.1 Å². The van der Waals surface area contributed by atoms with Gasteiger partial charge < -0.3 is 15.2 Å². The van der Waals surface area contributed by atoms with Crippen molar-refractivity contribution >= 4 is 17.5 Å². The highest BCUT2D eigenvalue weighted by atomic mass is 16.5. The van der Waals surface area contributed by atoms with Gasteiger partial charge in [0.15, 0.2) is 11.6 Å². The highest BCUT2D eigenvalue weighted by Gasteiger charge is 2.75. The van der Waals surface area contributed by atoms with Crippen LogP contribution in [0.2, 0.25) is 0 Å². The normalized spacial score (nSPS) is 46.5. The van der Waals surface area contributed by atoms with Gasteiger partial charge in [0.25, 0.3) is 0 Å². The summed E-state index contributed by atoms with van der Waals surface area (Å²) in [7, 11) is 1.60. The van der Waals surface area contributed by atoms with E-state index in [1.54, 1.807) is 13.2 Å². The zero-order valence-electron chi connectivity index (χ0n) is 26.2. The fourth-order valence-corrected chi connectivity index (χ4v) is 10.4. The molecule has 0 radical (unpaired) electrons. The number of amides is 1. The van der Waals surface area contributed by atoms with Crippen molar-refractivity contribution in [2.75, 3.05) is 20.3 Å². The molecule has 8 atom stereocenters. The summed E-state index contributed by atoms with van der Waals surface area (Å²) in [6, 6.07) is 2.14. The number of ether oxygens (including phenoxy) is 1. The fourth-order valence-electron chi connectivity index (χ4n) is 10.4. The largest absolute Gasteiger partial charge is 0.383 e. The molecular weight excluding hydrogens is 516 g/mol. The van der Waals surface area contributed by atoms with Crippen LogP contribution in [0.3, 0.4) is 0 Å². The fraction of sp³-hybridized carbons (Fsp3) is 0.765. The van der Waals surface area contributed by atoms with Crippen molar-refractivity contribution in [2.45, 2.75) is 99.0 Å². The van der Waals surface area contributed by atoms with E-state index in [0.29, 0.717) is 32.4 Å². The van der Waals surface area contributed by atoms with Crippen molar-refractivity contribution in [3.05, 3.63) is 23.3 Å². The maximum Gasteiger partial charge on any atom is 0.226 e. The first-order chi connectivity index (χ1) is 18.9. The molecule has 0 aromatic heterocycles. The van der Waals surface area contributed by atoms with Crippen LogP contribution in [0.4, 0.5) is 0 Å². The van der Waals surface area contributed by atoms with Crippen LogP contribution in [0.15, 0.2) is 23.3 Å². The minimum Gasteiger partial charge on any atom is -0.383 e. The molecule has 8 unspecified atom stereocenters. The van der Waals surface area contributed by atoms with E-state index in [1.165, 1.54) is 0 Å². The van der Waals surface area contributed by atoms with Gasteiger partial charge in [-0.25, -0.2) is 0 Å². The summed E-state index contributed by atoms with van der Waals surface area (Å²) in [6.07, 6.45) is 8.53. The monoisotopic (exact) mass is 564 g/mol. The Morgan fingerprint density at radius 1 is 1.05 bits per heavy atom. The highest BCUT2D eigenvalue weighted by molar-refractivity contribution is 6.05. The van der Waals surface area contributed by atoms with Crippen LogP contribution in [-0.2, 0) is 19.1 Å². The third-order valence-corrected chi connectivity index (χ3v) is 13.4. The second kappa shape index (κ2) is 9.10. The second-order valence-corrected chi connectivity index (χ2v) is 15.7. The number of aliphatic hydroxyl groups is 1. The molecule has 1 amide bonds. The van der Waals surface area contributed by atoms with E-state index in [9.17, 15) is 24.8 Å². The number of hydrogen-bond acceptors (Lipinski definition) is 6. The van der Waals surface area contributed by atoms with Crippen LogP contribution < -0.4 is 5.32 Å². The molecule has 5 rings (SSSR count). The van der Waals surface area contributed by atoms with E-state index in [1.807, 2.05) is 26.8 Å². The molecule has 0 saturated heterocycles. The zero-order valence-corrected chi connectivity index (χ0v) is 26.2. The van der Waals surface area contributed by atoms with Crippen LogP contribution in [0, 0.1) is 55.7 Å². The maximum absolute atomic E-state index is 14.5. The summed E-state index contributed by atoms with van der Waals surface area (Å²) >= 11 is 0. The number of Topliss-reactive ketones (excluding diaryl/α,β-unsaturated/α-hetero) is 1. The molecule has 3 fully saturated rings.